The van der Waals surface area contributed by atoms with Crippen molar-refractivity contribution < 1.29 is 56.3 Å². The molecular weight excluding hydrogens is 746 g/mol. The summed E-state index contributed by atoms with van der Waals surface area (Å²) < 4.78 is 65.4. The van der Waals surface area contributed by atoms with Gasteiger partial charge in [0.05, 0.1) is 19.3 Å². The van der Waals surface area contributed by atoms with Gasteiger partial charge in [0.15, 0.2) is 0 Å². The van der Waals surface area contributed by atoms with Gasteiger partial charge in [0.2, 0.25) is 0 Å². The Hall–Kier alpha value is -4.41. The first-order chi connectivity index (χ1) is 27.3. The van der Waals surface area contributed by atoms with Crippen molar-refractivity contribution in [2.45, 2.75) is 91.2 Å². The molecule has 0 spiro atoms. The Bertz CT molecular complexity index is 1550. The number of ether oxygens (including phenoxy) is 7. The Morgan fingerprint density at radius 2 is 1.23 bits per heavy atom. The van der Waals surface area contributed by atoms with E-state index in [-0.39, 0.29) is 30.9 Å². The number of amides is 3. The van der Waals surface area contributed by atoms with Crippen molar-refractivity contribution in [3.63, 3.8) is 0 Å². The lowest BCUT2D eigenvalue weighted by Gasteiger charge is -2.40. The van der Waals surface area contributed by atoms with E-state index in [2.05, 4.69) is 5.32 Å². The van der Waals surface area contributed by atoms with Gasteiger partial charge < -0.3 is 53.2 Å². The van der Waals surface area contributed by atoms with Gasteiger partial charge in [-0.3, -0.25) is 0 Å². The second-order valence-electron chi connectivity index (χ2n) is 14.6. The fraction of sp³-hybridized carbons (Fsp3) is 0.634. The molecule has 0 aromatic heterocycles. The van der Waals surface area contributed by atoms with E-state index in [0.717, 1.165) is 25.9 Å². The summed E-state index contributed by atoms with van der Waals surface area (Å²) in [6.45, 7) is 14.3. The van der Waals surface area contributed by atoms with E-state index in [1.54, 1.807) is 41.1 Å². The van der Waals surface area contributed by atoms with Crippen LogP contribution in [0.2, 0.25) is 0 Å². The summed E-state index contributed by atoms with van der Waals surface area (Å²) in [6.07, 6.45) is 1.62. The molecule has 320 valence electrons. The predicted octanol–water partition coefficient (Wildman–Crippen LogP) is 6.77. The number of piperazine rings is 2. The van der Waals surface area contributed by atoms with E-state index in [9.17, 15) is 23.2 Å². The number of carbonyl (C=O) groups excluding carboxylic acids is 3. The smallest absolute Gasteiger partial charge is 0.410 e. The van der Waals surface area contributed by atoms with E-state index in [1.165, 1.54) is 24.3 Å². The molecule has 0 bridgehead atoms. The van der Waals surface area contributed by atoms with Gasteiger partial charge >= 0.3 is 18.3 Å². The van der Waals surface area contributed by atoms with Gasteiger partial charge in [-0.15, -0.1) is 0 Å². The third kappa shape index (κ3) is 16.2. The molecule has 2 saturated heterocycles. The first-order valence-corrected chi connectivity index (χ1v) is 19.7. The lowest BCUT2D eigenvalue weighted by Crippen LogP contribution is -2.57. The number of nitrogens with one attached hydrogen (secondary N) is 1. The van der Waals surface area contributed by atoms with Crippen LogP contribution in [0.5, 0.6) is 11.5 Å². The topological polar surface area (TPSA) is 138 Å². The van der Waals surface area contributed by atoms with Crippen molar-refractivity contribution in [2.24, 2.45) is 0 Å². The second-order valence-corrected chi connectivity index (χ2v) is 14.6. The van der Waals surface area contributed by atoms with Crippen molar-refractivity contribution >= 4 is 18.3 Å². The van der Waals surface area contributed by atoms with Crippen LogP contribution in [-0.2, 0) is 36.9 Å². The zero-order valence-electron chi connectivity index (χ0n) is 34.6. The van der Waals surface area contributed by atoms with Gasteiger partial charge in [-0.25, -0.2) is 23.2 Å². The summed E-state index contributed by atoms with van der Waals surface area (Å²) in [4.78, 5) is 42.2. The molecule has 0 radical (unpaired) electrons. The summed E-state index contributed by atoms with van der Waals surface area (Å²) in [7, 11) is 3.25. The molecule has 4 rings (SSSR count). The zero-order chi connectivity index (χ0) is 41.8. The first kappa shape index (κ1) is 47.0. The van der Waals surface area contributed by atoms with Crippen molar-refractivity contribution in [1.29, 1.82) is 0 Å². The zero-order valence-corrected chi connectivity index (χ0v) is 34.6. The van der Waals surface area contributed by atoms with Crippen molar-refractivity contribution in [2.75, 3.05) is 79.9 Å². The third-order valence-corrected chi connectivity index (χ3v) is 9.16. The minimum Gasteiger partial charge on any atom is -0.493 e. The molecule has 2 aliphatic rings. The fourth-order valence-corrected chi connectivity index (χ4v) is 6.04. The summed E-state index contributed by atoms with van der Waals surface area (Å²) in [6, 6.07) is 8.74. The molecule has 0 saturated carbocycles. The Morgan fingerprint density at radius 1 is 0.719 bits per heavy atom. The molecule has 1 N–H and O–H groups in total. The molecule has 14 nitrogen and oxygen atoms in total. The van der Waals surface area contributed by atoms with Gasteiger partial charge in [0, 0.05) is 96.7 Å². The highest BCUT2D eigenvalue weighted by Crippen LogP contribution is 2.22. The van der Waals surface area contributed by atoms with Crippen LogP contribution < -0.4 is 14.8 Å². The standard InChI is InChI=1S/C23H35FN2O6.C18H27FN2O4/c1-6-18-15-25(21(27)32-23(2,3)4)10-11-26(18)22(28)31-16-17-14-19(8-9-20(17)24)30-13-7-12-29-5;1-3-15-12-20-7-8-21(15)18(22)25-13-14-11-16(5-6-17(14)19)24-10-4-9-23-2/h8-9,14,18H,6-7,10-13,15-16H2,1-5H3;5-6,11,15,20H,3-4,7-10,12-13H2,1-2H3/t18-;15-/m11/s1. The molecule has 0 aliphatic carbocycles. The molecular formula is C41H62F2N4O10. The number of nitrogens with zero attached hydrogens (tertiary/aromatic N) is 3. The SMILES string of the molecule is CC[C@@H]1CN(C(=O)OC(C)(C)C)CCN1C(=O)OCc1cc(OCCCOC)ccc1F.CC[C@@H]1CNCCN1C(=O)OCc1cc(OCCCOC)ccc1F. The average molecular weight is 809 g/mol. The van der Waals surface area contributed by atoms with E-state index in [0.29, 0.717) is 82.5 Å². The lowest BCUT2D eigenvalue weighted by molar-refractivity contribution is 0.000629. The molecule has 0 unspecified atom stereocenters. The quantitative estimate of drug-likeness (QED) is 0.142. The Balaban J connectivity index is 0.000000315. The van der Waals surface area contributed by atoms with Crippen LogP contribution >= 0.6 is 0 Å². The summed E-state index contributed by atoms with van der Waals surface area (Å²) >= 11 is 0. The summed E-state index contributed by atoms with van der Waals surface area (Å²) in [5, 5.41) is 3.25. The van der Waals surface area contributed by atoms with Gasteiger partial charge in [0.1, 0.15) is 41.9 Å². The van der Waals surface area contributed by atoms with Gasteiger partial charge in [-0.1, -0.05) is 13.8 Å². The highest BCUT2D eigenvalue weighted by atomic mass is 19.1. The maximum Gasteiger partial charge on any atom is 0.410 e. The number of rotatable bonds is 16. The van der Waals surface area contributed by atoms with Crippen molar-refractivity contribution in [3.8, 4) is 11.5 Å². The first-order valence-electron chi connectivity index (χ1n) is 19.7. The summed E-state index contributed by atoms with van der Waals surface area (Å²) in [5.74, 6) is 0.177. The van der Waals surface area contributed by atoms with Crippen molar-refractivity contribution in [3.05, 3.63) is 59.2 Å². The van der Waals surface area contributed by atoms with Gasteiger partial charge in [0.25, 0.3) is 0 Å². The minimum atomic E-state index is -0.582. The van der Waals surface area contributed by atoms with E-state index in [4.69, 9.17) is 33.2 Å². The van der Waals surface area contributed by atoms with E-state index < -0.39 is 35.5 Å². The third-order valence-electron chi connectivity index (χ3n) is 9.16. The molecule has 57 heavy (non-hydrogen) atoms. The van der Waals surface area contributed by atoms with Crippen LogP contribution in [0.1, 0.15) is 71.4 Å². The van der Waals surface area contributed by atoms with Crippen LogP contribution in [0.15, 0.2) is 36.4 Å². The highest BCUT2D eigenvalue weighted by Gasteiger charge is 2.34. The van der Waals surface area contributed by atoms with Gasteiger partial charge in [-0.2, -0.15) is 0 Å². The number of methoxy groups -OCH3 is 2. The largest absolute Gasteiger partial charge is 0.493 e. The average Bonchev–Trinajstić information content (AvgIpc) is 3.20. The Labute approximate surface area is 336 Å². The number of benzene rings is 2. The maximum absolute atomic E-state index is 14.2. The van der Waals surface area contributed by atoms with Crippen LogP contribution in [0.3, 0.4) is 0 Å². The van der Waals surface area contributed by atoms with Crippen LogP contribution in [-0.4, -0.2) is 131 Å². The monoisotopic (exact) mass is 808 g/mol. The number of carbonyl (C=O) groups is 3. The molecule has 3 amide bonds. The minimum absolute atomic E-state index is 0.111. The number of hydrogen-bond donors (Lipinski definition) is 1. The molecule has 16 heteroatoms. The highest BCUT2D eigenvalue weighted by molar-refractivity contribution is 5.71. The molecule has 2 aromatic carbocycles. The molecule has 2 atom stereocenters. The van der Waals surface area contributed by atoms with Crippen molar-refractivity contribution in [1.82, 2.24) is 20.0 Å². The van der Waals surface area contributed by atoms with E-state index >= 15 is 0 Å². The van der Waals surface area contributed by atoms with E-state index in [1.807, 2.05) is 34.6 Å². The van der Waals surface area contributed by atoms with Crippen LogP contribution in [0, 0.1) is 11.6 Å². The fourth-order valence-electron chi connectivity index (χ4n) is 6.04. The molecule has 2 aromatic rings. The Morgan fingerprint density at radius 3 is 1.70 bits per heavy atom. The van der Waals surface area contributed by atoms with Gasteiger partial charge in [-0.05, 0) is 70.0 Å². The molecule has 2 aliphatic heterocycles. The maximum atomic E-state index is 14.2. The normalized spacial score (nSPS) is 17.0. The number of hydrogen-bond acceptors (Lipinski definition) is 11. The lowest BCUT2D eigenvalue weighted by atomic mass is 10.1. The van der Waals surface area contributed by atoms with Crippen LogP contribution in [0.25, 0.3) is 0 Å². The number of halogens is 2. The van der Waals surface area contributed by atoms with Crippen LogP contribution in [0.4, 0.5) is 23.2 Å². The molecule has 2 heterocycles. The predicted molar refractivity (Wildman–Crippen MR) is 209 cm³/mol. The Kier molecular flexibility index (Phi) is 20.1. The summed E-state index contributed by atoms with van der Waals surface area (Å²) in [5.41, 5.74) is -0.0372. The molecule has 2 fully saturated rings. The second kappa shape index (κ2) is 24.4.